The molecule has 1 aromatic rings. The van der Waals surface area contributed by atoms with Crippen molar-refractivity contribution in [3.8, 4) is 0 Å². The highest BCUT2D eigenvalue weighted by Crippen LogP contribution is 2.42. The van der Waals surface area contributed by atoms with Crippen molar-refractivity contribution in [2.75, 3.05) is 31.2 Å². The number of halogens is 1. The zero-order valence-corrected chi connectivity index (χ0v) is 11.7. The van der Waals surface area contributed by atoms with Crippen LogP contribution >= 0.6 is 23.4 Å². The monoisotopic (exact) mass is 281 g/mol. The van der Waals surface area contributed by atoms with Gasteiger partial charge in [-0.15, -0.1) is 23.4 Å². The fourth-order valence-corrected chi connectivity index (χ4v) is 3.70. The van der Waals surface area contributed by atoms with Crippen LogP contribution in [-0.4, -0.2) is 31.0 Å². The Morgan fingerprint density at radius 1 is 1.22 bits per heavy atom. The van der Waals surface area contributed by atoms with Gasteiger partial charge in [0.25, 0.3) is 0 Å². The number of nitrogens with zero attached hydrogens (tertiary/aromatic N) is 1. The Morgan fingerprint density at radius 3 is 2.72 bits per heavy atom. The van der Waals surface area contributed by atoms with E-state index in [-0.39, 0.29) is 4.71 Å². The van der Waals surface area contributed by atoms with Crippen LogP contribution in [0.15, 0.2) is 35.7 Å². The van der Waals surface area contributed by atoms with E-state index in [0.717, 1.165) is 26.3 Å². The van der Waals surface area contributed by atoms with Gasteiger partial charge in [-0.05, 0) is 17.0 Å². The van der Waals surface area contributed by atoms with Crippen molar-refractivity contribution < 1.29 is 4.74 Å². The van der Waals surface area contributed by atoms with Crippen LogP contribution in [0.1, 0.15) is 11.5 Å². The molecule has 1 fully saturated rings. The molecule has 2 aliphatic rings. The molecule has 0 amide bonds. The lowest BCUT2D eigenvalue weighted by molar-refractivity contribution is 0.122. The molecule has 4 heteroatoms. The zero-order chi connectivity index (χ0) is 12.4. The number of para-hydroxylation sites is 1. The number of benzene rings is 1. The van der Waals surface area contributed by atoms with E-state index in [1.807, 2.05) is 0 Å². The second kappa shape index (κ2) is 5.55. The van der Waals surface area contributed by atoms with Crippen LogP contribution in [0, 0.1) is 0 Å². The summed E-state index contributed by atoms with van der Waals surface area (Å²) < 4.78 is 5.54. The molecule has 1 aromatic carbocycles. The van der Waals surface area contributed by atoms with Gasteiger partial charge in [0.1, 0.15) is 0 Å². The molecule has 0 spiro atoms. The predicted molar refractivity (Wildman–Crippen MR) is 78.6 cm³/mol. The summed E-state index contributed by atoms with van der Waals surface area (Å²) in [7, 11) is 0. The van der Waals surface area contributed by atoms with Crippen LogP contribution in [0.25, 0.3) is 0 Å². The average Bonchev–Trinajstić information content (AvgIpc) is 2.86. The second-order valence-corrected chi connectivity index (χ2v) is 6.28. The third kappa shape index (κ3) is 2.40. The van der Waals surface area contributed by atoms with E-state index < -0.39 is 0 Å². The first kappa shape index (κ1) is 12.4. The number of thioether (sulfide) groups is 1. The Bertz CT molecular complexity index is 445. The van der Waals surface area contributed by atoms with Gasteiger partial charge in [0.05, 0.1) is 17.9 Å². The molecule has 2 atom stereocenters. The summed E-state index contributed by atoms with van der Waals surface area (Å²) in [6, 6.07) is 8.59. The Hall–Kier alpha value is -0.640. The maximum atomic E-state index is 6.38. The van der Waals surface area contributed by atoms with E-state index >= 15 is 0 Å². The lowest BCUT2D eigenvalue weighted by Crippen LogP contribution is -2.37. The summed E-state index contributed by atoms with van der Waals surface area (Å²) in [6.07, 6.45) is 2.21. The van der Waals surface area contributed by atoms with Gasteiger partial charge >= 0.3 is 0 Å². The van der Waals surface area contributed by atoms with Gasteiger partial charge in [-0.1, -0.05) is 24.3 Å². The fraction of sp³-hybridized carbons (Fsp3) is 0.429. The molecule has 2 heterocycles. The van der Waals surface area contributed by atoms with Gasteiger partial charge in [0.2, 0.25) is 0 Å². The third-order valence-electron chi connectivity index (χ3n) is 3.42. The first-order valence-electron chi connectivity index (χ1n) is 6.24. The van der Waals surface area contributed by atoms with Gasteiger partial charge in [-0.2, -0.15) is 0 Å². The van der Waals surface area contributed by atoms with E-state index in [0.29, 0.717) is 5.92 Å². The minimum absolute atomic E-state index is 0.118. The molecule has 0 radical (unpaired) electrons. The third-order valence-corrected chi connectivity index (χ3v) is 4.87. The van der Waals surface area contributed by atoms with Crippen molar-refractivity contribution in [1.29, 1.82) is 0 Å². The largest absolute Gasteiger partial charge is 0.378 e. The van der Waals surface area contributed by atoms with Crippen molar-refractivity contribution >= 4 is 29.1 Å². The number of hydrogen-bond donors (Lipinski definition) is 0. The molecule has 2 aliphatic heterocycles. The zero-order valence-electron chi connectivity index (χ0n) is 10.1. The van der Waals surface area contributed by atoms with Crippen molar-refractivity contribution in [2.24, 2.45) is 0 Å². The number of allylic oxidation sites excluding steroid dienone is 1. The number of rotatable bonds is 2. The molecule has 0 aliphatic carbocycles. The van der Waals surface area contributed by atoms with E-state index in [4.69, 9.17) is 16.3 Å². The maximum Gasteiger partial charge on any atom is 0.0933 e. The highest BCUT2D eigenvalue weighted by atomic mass is 35.5. The van der Waals surface area contributed by atoms with E-state index in [2.05, 4.69) is 40.6 Å². The van der Waals surface area contributed by atoms with Crippen LogP contribution in [0.4, 0.5) is 5.69 Å². The fourth-order valence-electron chi connectivity index (χ4n) is 2.48. The smallest absolute Gasteiger partial charge is 0.0933 e. The van der Waals surface area contributed by atoms with Gasteiger partial charge in [-0.3, -0.25) is 0 Å². The number of ether oxygens (including phenoxy) is 1. The number of hydrogen-bond acceptors (Lipinski definition) is 3. The topological polar surface area (TPSA) is 12.5 Å². The van der Waals surface area contributed by atoms with Crippen LogP contribution in [0.5, 0.6) is 0 Å². The predicted octanol–water partition coefficient (Wildman–Crippen LogP) is 3.43. The van der Waals surface area contributed by atoms with Crippen molar-refractivity contribution in [3.63, 3.8) is 0 Å². The Labute approximate surface area is 117 Å². The van der Waals surface area contributed by atoms with Crippen LogP contribution in [-0.2, 0) is 4.74 Å². The molecule has 0 aromatic heterocycles. The van der Waals surface area contributed by atoms with Crippen molar-refractivity contribution in [2.45, 2.75) is 10.6 Å². The summed E-state index contributed by atoms with van der Waals surface area (Å²) in [5.74, 6) is 0.315. The van der Waals surface area contributed by atoms with Crippen LogP contribution in [0.2, 0.25) is 0 Å². The van der Waals surface area contributed by atoms with Crippen LogP contribution < -0.4 is 4.90 Å². The molecule has 0 bridgehead atoms. The van der Waals surface area contributed by atoms with E-state index in [9.17, 15) is 0 Å². The lowest BCUT2D eigenvalue weighted by atomic mass is 9.98. The second-order valence-electron chi connectivity index (χ2n) is 4.50. The minimum Gasteiger partial charge on any atom is -0.378 e. The normalized spacial score (nSPS) is 27.7. The lowest BCUT2D eigenvalue weighted by Gasteiger charge is -2.32. The summed E-state index contributed by atoms with van der Waals surface area (Å²) in [4.78, 5) is 2.40. The molecule has 0 saturated carbocycles. The average molecular weight is 282 g/mol. The van der Waals surface area contributed by atoms with E-state index in [1.54, 1.807) is 11.8 Å². The number of alkyl halides is 1. The number of morpholine rings is 1. The first-order chi connectivity index (χ1) is 8.86. The van der Waals surface area contributed by atoms with Gasteiger partial charge in [0, 0.05) is 24.7 Å². The molecule has 2 unspecified atom stereocenters. The molecule has 1 saturated heterocycles. The molecule has 2 nitrogen and oxygen atoms in total. The van der Waals surface area contributed by atoms with Crippen LogP contribution in [0.3, 0.4) is 0 Å². The molecule has 18 heavy (non-hydrogen) atoms. The molecule has 0 N–H and O–H groups in total. The van der Waals surface area contributed by atoms with Crippen molar-refractivity contribution in [3.05, 3.63) is 41.3 Å². The number of anilines is 1. The quantitative estimate of drug-likeness (QED) is 0.771. The van der Waals surface area contributed by atoms with E-state index in [1.165, 1.54) is 11.3 Å². The maximum absolute atomic E-state index is 6.38. The SMILES string of the molecule is ClC1SC=CC1c1ccccc1N1CCOCC1. The summed E-state index contributed by atoms with van der Waals surface area (Å²) >= 11 is 8.08. The molecule has 3 rings (SSSR count). The highest BCUT2D eigenvalue weighted by molar-refractivity contribution is 8.04. The highest BCUT2D eigenvalue weighted by Gasteiger charge is 2.26. The Morgan fingerprint density at radius 2 is 2.00 bits per heavy atom. The Balaban J connectivity index is 1.91. The minimum atomic E-state index is 0.118. The first-order valence-corrected chi connectivity index (χ1v) is 7.62. The summed E-state index contributed by atoms with van der Waals surface area (Å²) in [6.45, 7) is 3.56. The van der Waals surface area contributed by atoms with Crippen molar-refractivity contribution in [1.82, 2.24) is 0 Å². The molecular weight excluding hydrogens is 266 g/mol. The summed E-state index contributed by atoms with van der Waals surface area (Å²) in [5, 5.41) is 2.11. The van der Waals surface area contributed by atoms with Gasteiger partial charge in [-0.25, -0.2) is 0 Å². The summed E-state index contributed by atoms with van der Waals surface area (Å²) in [5.41, 5.74) is 2.64. The standard InChI is InChI=1S/C14H16ClNOS/c15-14-12(5-10-18-14)11-3-1-2-4-13(11)16-6-8-17-9-7-16/h1-5,10,12,14H,6-9H2. The molecular formula is C14H16ClNOS. The van der Waals surface area contributed by atoms with Gasteiger partial charge in [0.15, 0.2) is 0 Å². The van der Waals surface area contributed by atoms with Gasteiger partial charge < -0.3 is 9.64 Å². The Kier molecular flexibility index (Phi) is 3.83. The molecule has 96 valence electrons.